The molecule has 2 rings (SSSR count). The lowest BCUT2D eigenvalue weighted by Gasteiger charge is -2.30. The second-order valence-corrected chi connectivity index (χ2v) is 5.80. The van der Waals surface area contributed by atoms with Gasteiger partial charge in [-0.3, -0.25) is 9.78 Å². The number of nitrogens with zero attached hydrogens (tertiary/aromatic N) is 1. The van der Waals surface area contributed by atoms with Crippen LogP contribution in [0.2, 0.25) is 0 Å². The van der Waals surface area contributed by atoms with E-state index in [0.717, 1.165) is 11.4 Å². The molecule has 1 aliphatic rings. The number of rotatable bonds is 4. The third kappa shape index (κ3) is 3.57. The van der Waals surface area contributed by atoms with E-state index in [2.05, 4.69) is 10.3 Å². The van der Waals surface area contributed by atoms with E-state index in [1.807, 2.05) is 26.0 Å². The Labute approximate surface area is 121 Å². The van der Waals surface area contributed by atoms with E-state index in [1.165, 1.54) is 32.1 Å². The predicted molar refractivity (Wildman–Crippen MR) is 80.6 cm³/mol. The van der Waals surface area contributed by atoms with Gasteiger partial charge in [0, 0.05) is 18.3 Å². The highest BCUT2D eigenvalue weighted by Gasteiger charge is 2.24. The number of nitrogens with two attached hydrogens (primary N) is 1. The molecule has 20 heavy (non-hydrogen) atoms. The van der Waals surface area contributed by atoms with Crippen LogP contribution in [-0.4, -0.2) is 23.5 Å². The maximum atomic E-state index is 12.4. The van der Waals surface area contributed by atoms with Crippen LogP contribution in [0, 0.1) is 19.8 Å². The fraction of sp³-hybridized carbons (Fsp3) is 0.625. The van der Waals surface area contributed by atoms with Gasteiger partial charge in [0.05, 0.1) is 11.3 Å². The molecule has 1 saturated carbocycles. The summed E-state index contributed by atoms with van der Waals surface area (Å²) in [5.74, 6) is 0.479. The van der Waals surface area contributed by atoms with Gasteiger partial charge in [-0.1, -0.05) is 19.3 Å². The van der Waals surface area contributed by atoms with Crippen molar-refractivity contribution in [1.29, 1.82) is 0 Å². The summed E-state index contributed by atoms with van der Waals surface area (Å²) < 4.78 is 0. The standard InChI is InChI=1S/C16H25N3O/c1-11-8-9-14(12(2)18-11)16(20)19-15(10-17)13-6-4-3-5-7-13/h8-9,13,15H,3-7,10,17H2,1-2H3,(H,19,20). The van der Waals surface area contributed by atoms with Crippen LogP contribution in [0.15, 0.2) is 12.1 Å². The number of nitrogens with one attached hydrogen (secondary N) is 1. The van der Waals surface area contributed by atoms with Gasteiger partial charge >= 0.3 is 0 Å². The number of aryl methyl sites for hydroxylation is 2. The first-order valence-corrected chi connectivity index (χ1v) is 7.57. The van der Waals surface area contributed by atoms with Crippen LogP contribution in [-0.2, 0) is 0 Å². The lowest BCUT2D eigenvalue weighted by molar-refractivity contribution is 0.0914. The fourth-order valence-electron chi connectivity index (χ4n) is 3.08. The van der Waals surface area contributed by atoms with Gasteiger partial charge in [-0.25, -0.2) is 0 Å². The molecule has 0 saturated heterocycles. The zero-order chi connectivity index (χ0) is 14.5. The second kappa shape index (κ2) is 6.84. The number of carbonyl (C=O) groups excluding carboxylic acids is 1. The highest BCUT2D eigenvalue weighted by atomic mass is 16.1. The smallest absolute Gasteiger partial charge is 0.253 e. The molecule has 0 spiro atoms. The third-order valence-corrected chi connectivity index (χ3v) is 4.26. The second-order valence-electron chi connectivity index (χ2n) is 5.80. The monoisotopic (exact) mass is 275 g/mol. The van der Waals surface area contributed by atoms with Gasteiger partial charge in [0.2, 0.25) is 0 Å². The van der Waals surface area contributed by atoms with Crippen LogP contribution in [0.4, 0.5) is 0 Å². The zero-order valence-corrected chi connectivity index (χ0v) is 12.5. The summed E-state index contributed by atoms with van der Waals surface area (Å²) in [4.78, 5) is 16.7. The predicted octanol–water partition coefficient (Wildman–Crippen LogP) is 2.34. The van der Waals surface area contributed by atoms with Crippen molar-refractivity contribution >= 4 is 5.91 Å². The Morgan fingerprint density at radius 2 is 2.05 bits per heavy atom. The van der Waals surface area contributed by atoms with Crippen molar-refractivity contribution in [1.82, 2.24) is 10.3 Å². The van der Waals surface area contributed by atoms with Gasteiger partial charge in [0.15, 0.2) is 0 Å². The van der Waals surface area contributed by atoms with Crippen LogP contribution in [0.1, 0.15) is 53.8 Å². The first-order chi connectivity index (χ1) is 9.61. The average molecular weight is 275 g/mol. The van der Waals surface area contributed by atoms with Gasteiger partial charge < -0.3 is 11.1 Å². The molecule has 0 bridgehead atoms. The van der Waals surface area contributed by atoms with Crippen molar-refractivity contribution in [2.45, 2.75) is 52.0 Å². The van der Waals surface area contributed by atoms with E-state index < -0.39 is 0 Å². The van der Waals surface area contributed by atoms with Gasteiger partial charge in [-0.2, -0.15) is 0 Å². The van der Waals surface area contributed by atoms with Crippen LogP contribution >= 0.6 is 0 Å². The van der Waals surface area contributed by atoms with E-state index in [1.54, 1.807) is 0 Å². The maximum Gasteiger partial charge on any atom is 0.253 e. The van der Waals surface area contributed by atoms with Crippen LogP contribution < -0.4 is 11.1 Å². The molecule has 1 aliphatic carbocycles. The summed E-state index contributed by atoms with van der Waals surface area (Å²) in [6.45, 7) is 4.31. The van der Waals surface area contributed by atoms with Crippen molar-refractivity contribution in [3.8, 4) is 0 Å². The number of hydrogen-bond acceptors (Lipinski definition) is 3. The number of aromatic nitrogens is 1. The highest BCUT2D eigenvalue weighted by molar-refractivity contribution is 5.95. The molecular formula is C16H25N3O. The van der Waals surface area contributed by atoms with Crippen molar-refractivity contribution in [2.24, 2.45) is 11.7 Å². The minimum Gasteiger partial charge on any atom is -0.348 e. The first-order valence-electron chi connectivity index (χ1n) is 7.57. The van der Waals surface area contributed by atoms with E-state index in [-0.39, 0.29) is 11.9 Å². The number of hydrogen-bond donors (Lipinski definition) is 2. The summed E-state index contributed by atoms with van der Waals surface area (Å²) in [6.07, 6.45) is 6.16. The maximum absolute atomic E-state index is 12.4. The highest BCUT2D eigenvalue weighted by Crippen LogP contribution is 2.26. The Morgan fingerprint density at radius 1 is 1.35 bits per heavy atom. The summed E-state index contributed by atoms with van der Waals surface area (Å²) in [6, 6.07) is 3.81. The van der Waals surface area contributed by atoms with Crippen LogP contribution in [0.3, 0.4) is 0 Å². The molecule has 1 aromatic heterocycles. The molecule has 3 N–H and O–H groups in total. The number of carbonyl (C=O) groups is 1. The summed E-state index contributed by atoms with van der Waals surface area (Å²) in [7, 11) is 0. The van der Waals surface area contributed by atoms with Gasteiger partial charge in [0.1, 0.15) is 0 Å². The summed E-state index contributed by atoms with van der Waals surface area (Å²) in [5, 5.41) is 3.11. The normalized spacial score (nSPS) is 17.8. The molecule has 4 heteroatoms. The van der Waals surface area contributed by atoms with Crippen molar-refractivity contribution in [3.63, 3.8) is 0 Å². The molecule has 1 fully saturated rings. The molecule has 1 atom stereocenters. The Morgan fingerprint density at radius 3 is 2.65 bits per heavy atom. The van der Waals surface area contributed by atoms with Gasteiger partial charge in [-0.05, 0) is 44.7 Å². The van der Waals surface area contributed by atoms with Crippen molar-refractivity contribution in [2.75, 3.05) is 6.54 Å². The topological polar surface area (TPSA) is 68.0 Å². The lowest BCUT2D eigenvalue weighted by Crippen LogP contribution is -2.46. The molecule has 0 radical (unpaired) electrons. The molecule has 4 nitrogen and oxygen atoms in total. The first kappa shape index (κ1) is 15.0. The summed E-state index contributed by atoms with van der Waals surface area (Å²) in [5.41, 5.74) is 8.23. The summed E-state index contributed by atoms with van der Waals surface area (Å²) >= 11 is 0. The number of pyridine rings is 1. The number of amides is 1. The SMILES string of the molecule is Cc1ccc(C(=O)NC(CN)C2CCCCC2)c(C)n1. The third-order valence-electron chi connectivity index (χ3n) is 4.26. The van der Waals surface area contributed by atoms with E-state index >= 15 is 0 Å². The van der Waals surface area contributed by atoms with E-state index in [0.29, 0.717) is 18.0 Å². The molecule has 0 aliphatic heterocycles. The fourth-order valence-corrected chi connectivity index (χ4v) is 3.08. The molecule has 1 unspecified atom stereocenters. The Kier molecular flexibility index (Phi) is 5.12. The quantitative estimate of drug-likeness (QED) is 0.886. The van der Waals surface area contributed by atoms with Gasteiger partial charge in [-0.15, -0.1) is 0 Å². The largest absolute Gasteiger partial charge is 0.348 e. The van der Waals surface area contributed by atoms with Crippen molar-refractivity contribution in [3.05, 3.63) is 29.1 Å². The van der Waals surface area contributed by atoms with Crippen LogP contribution in [0.5, 0.6) is 0 Å². The van der Waals surface area contributed by atoms with E-state index in [4.69, 9.17) is 5.73 Å². The minimum absolute atomic E-state index is 0.0453. The average Bonchev–Trinajstić information content (AvgIpc) is 2.45. The molecule has 110 valence electrons. The molecule has 1 amide bonds. The Balaban J connectivity index is 2.04. The molecule has 1 heterocycles. The van der Waals surface area contributed by atoms with Gasteiger partial charge in [0.25, 0.3) is 5.91 Å². The van der Waals surface area contributed by atoms with E-state index in [9.17, 15) is 4.79 Å². The molecule has 1 aromatic rings. The van der Waals surface area contributed by atoms with Crippen molar-refractivity contribution < 1.29 is 4.79 Å². The minimum atomic E-state index is -0.0453. The zero-order valence-electron chi connectivity index (χ0n) is 12.5. The Bertz CT molecular complexity index is 467. The van der Waals surface area contributed by atoms with Crippen LogP contribution in [0.25, 0.3) is 0 Å². The molecular weight excluding hydrogens is 250 g/mol. The Hall–Kier alpha value is -1.42. The molecule has 0 aromatic carbocycles. The lowest BCUT2D eigenvalue weighted by atomic mass is 9.84.